The van der Waals surface area contributed by atoms with Crippen molar-refractivity contribution in [2.45, 2.75) is 25.4 Å². The standard InChI is InChI=1S/C24H28N4O2/c1-27(15-18-14-25-28(16-18)21-6-4-3-5-7-21)17-23(29)26-24(19-8-9-19)20-10-12-22(30-2)13-11-20/h3-7,10-14,16,19,24H,8-9,15,17H2,1-2H3,(H,26,29). The number of nitrogens with zero attached hydrogens (tertiary/aromatic N) is 3. The molecule has 30 heavy (non-hydrogen) atoms. The average molecular weight is 405 g/mol. The maximum atomic E-state index is 12.7. The van der Waals surface area contributed by atoms with Crippen molar-refractivity contribution >= 4 is 5.91 Å². The first-order chi connectivity index (χ1) is 14.6. The number of carbonyl (C=O) groups is 1. The van der Waals surface area contributed by atoms with Crippen molar-refractivity contribution in [2.24, 2.45) is 5.92 Å². The third-order valence-corrected chi connectivity index (χ3v) is 5.41. The number of carbonyl (C=O) groups excluding carboxylic acids is 1. The Kier molecular flexibility index (Phi) is 6.14. The molecule has 4 rings (SSSR count). The molecule has 0 aliphatic heterocycles. The van der Waals surface area contributed by atoms with Gasteiger partial charge in [-0.3, -0.25) is 9.69 Å². The van der Waals surface area contributed by atoms with Gasteiger partial charge in [0.25, 0.3) is 0 Å². The van der Waals surface area contributed by atoms with E-state index in [0.717, 1.165) is 35.4 Å². The maximum absolute atomic E-state index is 12.7. The molecule has 1 heterocycles. The van der Waals surface area contributed by atoms with Crippen molar-refractivity contribution < 1.29 is 9.53 Å². The average Bonchev–Trinajstić information content (AvgIpc) is 3.51. The monoisotopic (exact) mass is 404 g/mol. The van der Waals surface area contributed by atoms with E-state index in [-0.39, 0.29) is 11.9 Å². The third kappa shape index (κ3) is 5.07. The highest BCUT2D eigenvalue weighted by atomic mass is 16.5. The summed E-state index contributed by atoms with van der Waals surface area (Å²) in [6.45, 7) is 1.01. The van der Waals surface area contributed by atoms with Crippen molar-refractivity contribution in [1.82, 2.24) is 20.0 Å². The van der Waals surface area contributed by atoms with Crippen LogP contribution in [0.1, 0.15) is 30.0 Å². The molecule has 1 aromatic heterocycles. The molecule has 1 atom stereocenters. The second-order valence-corrected chi connectivity index (χ2v) is 7.96. The van der Waals surface area contributed by atoms with Gasteiger partial charge in [0.2, 0.25) is 5.91 Å². The lowest BCUT2D eigenvalue weighted by Gasteiger charge is -2.21. The van der Waals surface area contributed by atoms with E-state index in [0.29, 0.717) is 19.0 Å². The molecule has 156 valence electrons. The zero-order valence-corrected chi connectivity index (χ0v) is 17.5. The van der Waals surface area contributed by atoms with Crippen LogP contribution >= 0.6 is 0 Å². The topological polar surface area (TPSA) is 59.4 Å². The summed E-state index contributed by atoms with van der Waals surface area (Å²) in [7, 11) is 3.62. The number of nitrogens with one attached hydrogen (secondary N) is 1. The van der Waals surface area contributed by atoms with Gasteiger partial charge < -0.3 is 10.1 Å². The van der Waals surface area contributed by atoms with Crippen molar-refractivity contribution in [1.29, 1.82) is 0 Å². The Morgan fingerprint density at radius 1 is 1.20 bits per heavy atom. The molecule has 6 heteroatoms. The van der Waals surface area contributed by atoms with Crippen LogP contribution in [0.5, 0.6) is 5.75 Å². The zero-order valence-electron chi connectivity index (χ0n) is 17.5. The minimum absolute atomic E-state index is 0.0423. The van der Waals surface area contributed by atoms with Crippen LogP contribution in [0.15, 0.2) is 67.0 Å². The van der Waals surface area contributed by atoms with E-state index in [4.69, 9.17) is 4.74 Å². The smallest absolute Gasteiger partial charge is 0.234 e. The fraction of sp³-hybridized carbons (Fsp3) is 0.333. The molecule has 1 amide bonds. The zero-order chi connectivity index (χ0) is 20.9. The van der Waals surface area contributed by atoms with Crippen molar-refractivity contribution in [3.63, 3.8) is 0 Å². The first-order valence-electron chi connectivity index (χ1n) is 10.3. The Bertz CT molecular complexity index is 964. The molecular formula is C24H28N4O2. The first-order valence-corrected chi connectivity index (χ1v) is 10.3. The molecule has 0 saturated heterocycles. The maximum Gasteiger partial charge on any atom is 0.234 e. The van der Waals surface area contributed by atoms with Crippen LogP contribution in [0.2, 0.25) is 0 Å². The molecule has 6 nitrogen and oxygen atoms in total. The van der Waals surface area contributed by atoms with Gasteiger partial charge in [0.15, 0.2) is 0 Å². The van der Waals surface area contributed by atoms with Crippen LogP contribution in [-0.2, 0) is 11.3 Å². The third-order valence-electron chi connectivity index (χ3n) is 5.41. The predicted octanol–water partition coefficient (Wildman–Crippen LogP) is 3.58. The molecule has 3 aromatic rings. The number of benzene rings is 2. The van der Waals surface area contributed by atoms with Crippen LogP contribution in [0.25, 0.3) is 5.69 Å². The van der Waals surface area contributed by atoms with Crippen LogP contribution in [0.3, 0.4) is 0 Å². The Labute approximate surface area is 177 Å². The van der Waals surface area contributed by atoms with Crippen LogP contribution in [-0.4, -0.2) is 41.3 Å². The molecule has 0 spiro atoms. The summed E-state index contributed by atoms with van der Waals surface area (Å²) in [5.41, 5.74) is 3.23. The van der Waals surface area contributed by atoms with Gasteiger partial charge in [-0.05, 0) is 55.6 Å². The summed E-state index contributed by atoms with van der Waals surface area (Å²) in [6, 6.07) is 18.1. The van der Waals surface area contributed by atoms with Crippen LogP contribution in [0, 0.1) is 5.92 Å². The number of aromatic nitrogens is 2. The number of hydrogen-bond donors (Lipinski definition) is 1. The summed E-state index contributed by atoms with van der Waals surface area (Å²) in [5, 5.41) is 7.67. The van der Waals surface area contributed by atoms with Crippen molar-refractivity contribution in [3.8, 4) is 11.4 Å². The number of hydrogen-bond acceptors (Lipinski definition) is 4. The van der Waals surface area contributed by atoms with Gasteiger partial charge in [-0.15, -0.1) is 0 Å². The van der Waals surface area contributed by atoms with Gasteiger partial charge in [0.05, 0.1) is 31.6 Å². The molecule has 1 fully saturated rings. The van der Waals surface area contributed by atoms with E-state index in [1.807, 2.05) is 83.6 Å². The Hall–Kier alpha value is -3.12. The highest BCUT2D eigenvalue weighted by Crippen LogP contribution is 2.41. The normalized spacial score (nSPS) is 14.5. The molecular weight excluding hydrogens is 376 g/mol. The van der Waals surface area contributed by atoms with Gasteiger partial charge >= 0.3 is 0 Å². The molecule has 1 aliphatic rings. The lowest BCUT2D eigenvalue weighted by Crippen LogP contribution is -2.37. The van der Waals surface area contributed by atoms with E-state index in [9.17, 15) is 4.79 Å². The summed E-state index contributed by atoms with van der Waals surface area (Å²) >= 11 is 0. The van der Waals surface area contributed by atoms with Gasteiger partial charge in [-0.25, -0.2) is 4.68 Å². The van der Waals surface area contributed by atoms with Gasteiger partial charge in [0.1, 0.15) is 5.75 Å². The Morgan fingerprint density at radius 2 is 1.93 bits per heavy atom. The number of ether oxygens (including phenoxy) is 1. The molecule has 0 bridgehead atoms. The van der Waals surface area contributed by atoms with Gasteiger partial charge in [-0.1, -0.05) is 30.3 Å². The highest BCUT2D eigenvalue weighted by molar-refractivity contribution is 5.78. The number of likely N-dealkylation sites (N-methyl/N-ethyl adjacent to an activating group) is 1. The SMILES string of the molecule is COc1ccc(C(NC(=O)CN(C)Cc2cnn(-c3ccccc3)c2)C2CC2)cc1. The lowest BCUT2D eigenvalue weighted by molar-refractivity contribution is -0.123. The van der Waals surface area contributed by atoms with Crippen LogP contribution < -0.4 is 10.1 Å². The van der Waals surface area contributed by atoms with Gasteiger partial charge in [-0.2, -0.15) is 5.10 Å². The first kappa shape index (κ1) is 20.2. The largest absolute Gasteiger partial charge is 0.497 e. The van der Waals surface area contributed by atoms with Crippen molar-refractivity contribution in [2.75, 3.05) is 20.7 Å². The second kappa shape index (κ2) is 9.13. The number of rotatable bonds is 9. The van der Waals surface area contributed by atoms with E-state index in [1.165, 1.54) is 0 Å². The van der Waals surface area contributed by atoms with E-state index >= 15 is 0 Å². The fourth-order valence-corrected chi connectivity index (χ4v) is 3.71. The summed E-state index contributed by atoms with van der Waals surface area (Å²) in [5.74, 6) is 1.40. The number of amides is 1. The lowest BCUT2D eigenvalue weighted by atomic mass is 10.0. The summed E-state index contributed by atoms with van der Waals surface area (Å²) < 4.78 is 7.10. The van der Waals surface area contributed by atoms with Gasteiger partial charge in [0, 0.05) is 18.3 Å². The molecule has 1 aliphatic carbocycles. The van der Waals surface area contributed by atoms with Crippen LogP contribution in [0.4, 0.5) is 0 Å². The number of para-hydroxylation sites is 1. The minimum atomic E-state index is 0.0423. The van der Waals surface area contributed by atoms with E-state index < -0.39 is 0 Å². The van der Waals surface area contributed by atoms with Crippen molar-refractivity contribution in [3.05, 3.63) is 78.1 Å². The predicted molar refractivity (Wildman–Crippen MR) is 116 cm³/mol. The molecule has 1 saturated carbocycles. The summed E-state index contributed by atoms with van der Waals surface area (Å²) in [6.07, 6.45) is 6.18. The number of methoxy groups -OCH3 is 1. The molecule has 1 unspecified atom stereocenters. The quantitative estimate of drug-likeness (QED) is 0.592. The Balaban J connectivity index is 1.33. The molecule has 1 N–H and O–H groups in total. The Morgan fingerprint density at radius 3 is 2.60 bits per heavy atom. The molecule has 0 radical (unpaired) electrons. The molecule has 2 aromatic carbocycles. The minimum Gasteiger partial charge on any atom is -0.497 e. The second-order valence-electron chi connectivity index (χ2n) is 7.96. The summed E-state index contributed by atoms with van der Waals surface area (Å²) in [4.78, 5) is 14.7. The fourth-order valence-electron chi connectivity index (χ4n) is 3.71. The highest BCUT2D eigenvalue weighted by Gasteiger charge is 2.33. The van der Waals surface area contributed by atoms with E-state index in [2.05, 4.69) is 10.4 Å². The van der Waals surface area contributed by atoms with E-state index in [1.54, 1.807) is 7.11 Å².